The minimum Gasteiger partial charge on any atom is -0.306 e. The molecule has 0 spiro atoms. The number of nitrogens with one attached hydrogen (secondary N) is 1. The molecular weight excluding hydrogens is 240 g/mol. The predicted molar refractivity (Wildman–Crippen MR) is 64.8 cm³/mol. The molecule has 6 heteroatoms. The van der Waals surface area contributed by atoms with E-state index in [1.165, 1.54) is 6.07 Å². The Morgan fingerprint density at radius 3 is 2.53 bits per heavy atom. The highest BCUT2D eigenvalue weighted by Crippen LogP contribution is 2.17. The van der Waals surface area contributed by atoms with E-state index in [2.05, 4.69) is 10.2 Å². The van der Waals surface area contributed by atoms with Crippen LogP contribution in [0.3, 0.4) is 0 Å². The molecule has 0 bridgehead atoms. The minimum atomic E-state index is -1.84. The molecule has 0 amide bonds. The number of aromatic nitrogens is 2. The van der Waals surface area contributed by atoms with Crippen molar-refractivity contribution in [3.8, 4) is 11.1 Å². The van der Waals surface area contributed by atoms with Crippen molar-refractivity contribution in [2.45, 2.75) is 5.75 Å². The van der Waals surface area contributed by atoms with E-state index in [-0.39, 0.29) is 11.3 Å². The van der Waals surface area contributed by atoms with Crippen molar-refractivity contribution in [1.29, 1.82) is 0 Å². The Bertz CT molecular complexity index is 592. The number of aromatic amines is 1. The van der Waals surface area contributed by atoms with E-state index in [9.17, 15) is 9.00 Å². The van der Waals surface area contributed by atoms with Crippen LogP contribution in [0.1, 0.15) is 5.56 Å². The lowest BCUT2D eigenvalue weighted by Gasteiger charge is -2.02. The van der Waals surface area contributed by atoms with Gasteiger partial charge in [0.15, 0.2) is 11.1 Å². The van der Waals surface area contributed by atoms with Crippen molar-refractivity contribution in [3.05, 3.63) is 52.4 Å². The number of hydrogen-bond acceptors (Lipinski definition) is 3. The van der Waals surface area contributed by atoms with Gasteiger partial charge in [-0.2, -0.15) is 5.10 Å². The van der Waals surface area contributed by atoms with Crippen LogP contribution < -0.4 is 5.56 Å². The summed E-state index contributed by atoms with van der Waals surface area (Å²) in [6.07, 6.45) is 1.56. The van der Waals surface area contributed by atoms with Crippen LogP contribution in [0.25, 0.3) is 11.1 Å². The van der Waals surface area contributed by atoms with Gasteiger partial charge in [-0.05, 0) is 11.1 Å². The van der Waals surface area contributed by atoms with Gasteiger partial charge < -0.3 is 4.55 Å². The van der Waals surface area contributed by atoms with Crippen molar-refractivity contribution >= 4 is 11.1 Å². The maximum atomic E-state index is 11.1. The molecule has 0 saturated heterocycles. The summed E-state index contributed by atoms with van der Waals surface area (Å²) >= 11 is -1.84. The van der Waals surface area contributed by atoms with Crippen LogP contribution in [-0.4, -0.2) is 19.0 Å². The van der Waals surface area contributed by atoms with Crippen LogP contribution in [0.5, 0.6) is 0 Å². The van der Waals surface area contributed by atoms with Gasteiger partial charge in [-0.25, -0.2) is 9.31 Å². The normalized spacial score (nSPS) is 12.3. The lowest BCUT2D eigenvalue weighted by molar-refractivity contribution is 0.563. The van der Waals surface area contributed by atoms with E-state index in [0.29, 0.717) is 5.56 Å². The summed E-state index contributed by atoms with van der Waals surface area (Å²) in [5, 5.41) is 6.01. The molecule has 0 aliphatic rings. The highest BCUT2D eigenvalue weighted by molar-refractivity contribution is 7.78. The summed E-state index contributed by atoms with van der Waals surface area (Å²) in [5.74, 6) is 0.105. The molecule has 1 atom stereocenters. The molecule has 0 saturated carbocycles. The molecule has 0 radical (unpaired) electrons. The summed E-state index contributed by atoms with van der Waals surface area (Å²) in [7, 11) is 0. The second kappa shape index (κ2) is 5.03. The molecule has 1 aromatic carbocycles. The fraction of sp³-hybridized carbons (Fsp3) is 0.0909. The van der Waals surface area contributed by atoms with Gasteiger partial charge in [0.25, 0.3) is 5.56 Å². The van der Waals surface area contributed by atoms with Gasteiger partial charge in [-0.3, -0.25) is 4.79 Å². The number of nitrogens with zero attached hydrogens (tertiary/aromatic N) is 1. The Morgan fingerprint density at radius 2 is 1.94 bits per heavy atom. The van der Waals surface area contributed by atoms with Crippen LogP contribution in [0.15, 0.2) is 41.3 Å². The molecule has 0 fully saturated rings. The van der Waals surface area contributed by atoms with Crippen LogP contribution in [0.2, 0.25) is 0 Å². The Labute approximate surface area is 99.8 Å². The largest absolute Gasteiger partial charge is 0.306 e. The van der Waals surface area contributed by atoms with Crippen LogP contribution >= 0.6 is 0 Å². The van der Waals surface area contributed by atoms with E-state index >= 15 is 0 Å². The van der Waals surface area contributed by atoms with Gasteiger partial charge >= 0.3 is 0 Å². The third-order valence-electron chi connectivity index (χ3n) is 2.24. The molecular formula is C11H10N2O3S. The van der Waals surface area contributed by atoms with Crippen molar-refractivity contribution in [2.75, 3.05) is 0 Å². The molecule has 17 heavy (non-hydrogen) atoms. The summed E-state index contributed by atoms with van der Waals surface area (Å²) < 4.78 is 19.4. The molecule has 1 aromatic heterocycles. The maximum Gasteiger partial charge on any atom is 0.264 e. The molecule has 0 aliphatic heterocycles. The zero-order valence-electron chi connectivity index (χ0n) is 8.79. The Hall–Kier alpha value is -1.79. The van der Waals surface area contributed by atoms with E-state index in [0.717, 1.165) is 11.1 Å². The summed E-state index contributed by atoms with van der Waals surface area (Å²) in [5.41, 5.74) is 2.07. The van der Waals surface area contributed by atoms with Crippen molar-refractivity contribution < 1.29 is 8.76 Å². The van der Waals surface area contributed by atoms with E-state index in [4.69, 9.17) is 4.55 Å². The van der Waals surface area contributed by atoms with Crippen molar-refractivity contribution in [2.24, 2.45) is 0 Å². The molecule has 1 heterocycles. The first kappa shape index (κ1) is 11.7. The van der Waals surface area contributed by atoms with Gasteiger partial charge in [0.1, 0.15) is 0 Å². The van der Waals surface area contributed by atoms with E-state index < -0.39 is 11.1 Å². The first-order valence-electron chi connectivity index (χ1n) is 4.86. The fourth-order valence-electron chi connectivity index (χ4n) is 1.47. The summed E-state index contributed by atoms with van der Waals surface area (Å²) in [4.78, 5) is 11.1. The molecule has 1 unspecified atom stereocenters. The monoisotopic (exact) mass is 250 g/mol. The van der Waals surface area contributed by atoms with Crippen molar-refractivity contribution in [1.82, 2.24) is 10.2 Å². The van der Waals surface area contributed by atoms with Crippen molar-refractivity contribution in [3.63, 3.8) is 0 Å². The minimum absolute atomic E-state index is 0.105. The van der Waals surface area contributed by atoms with Crippen LogP contribution in [-0.2, 0) is 16.8 Å². The quantitative estimate of drug-likeness (QED) is 0.801. The highest BCUT2D eigenvalue weighted by Gasteiger charge is 2.01. The second-order valence-corrected chi connectivity index (χ2v) is 4.43. The van der Waals surface area contributed by atoms with Gasteiger partial charge in [-0.15, -0.1) is 0 Å². The Balaban J connectivity index is 2.29. The zero-order valence-corrected chi connectivity index (χ0v) is 9.61. The zero-order chi connectivity index (χ0) is 12.3. The maximum absolute atomic E-state index is 11.1. The molecule has 2 rings (SSSR count). The lowest BCUT2D eigenvalue weighted by atomic mass is 10.1. The fourth-order valence-corrected chi connectivity index (χ4v) is 1.95. The molecule has 2 aromatic rings. The van der Waals surface area contributed by atoms with Gasteiger partial charge in [-0.1, -0.05) is 24.3 Å². The number of hydrogen-bond donors (Lipinski definition) is 2. The molecule has 2 N–H and O–H groups in total. The smallest absolute Gasteiger partial charge is 0.264 e. The molecule has 88 valence electrons. The van der Waals surface area contributed by atoms with Gasteiger partial charge in [0, 0.05) is 11.6 Å². The van der Waals surface area contributed by atoms with Gasteiger partial charge in [0.05, 0.1) is 11.9 Å². The third-order valence-corrected chi connectivity index (χ3v) is 2.82. The topological polar surface area (TPSA) is 83.1 Å². The molecule has 5 nitrogen and oxygen atoms in total. The summed E-state index contributed by atoms with van der Waals surface area (Å²) in [6.45, 7) is 0. The van der Waals surface area contributed by atoms with Gasteiger partial charge in [0.2, 0.25) is 0 Å². The SMILES string of the molecule is O=c1cc(-c2ccc(CS(=O)O)cc2)cn[nH]1. The highest BCUT2D eigenvalue weighted by atomic mass is 32.2. The second-order valence-electron chi connectivity index (χ2n) is 3.50. The van der Waals surface area contributed by atoms with Crippen LogP contribution in [0.4, 0.5) is 0 Å². The average Bonchev–Trinajstić information content (AvgIpc) is 2.29. The Kier molecular flexibility index (Phi) is 3.46. The first-order chi connectivity index (χ1) is 8.15. The average molecular weight is 250 g/mol. The summed E-state index contributed by atoms with van der Waals surface area (Å²) in [6, 6.07) is 8.54. The lowest BCUT2D eigenvalue weighted by Crippen LogP contribution is -2.05. The standard InChI is InChI=1S/C11H10N2O3S/c14-11-5-10(6-12-13-11)9-3-1-8(2-4-9)7-17(15)16/h1-6H,7H2,(H,13,14)(H,15,16). The Morgan fingerprint density at radius 1 is 1.24 bits per heavy atom. The van der Waals surface area contributed by atoms with E-state index in [1.807, 2.05) is 0 Å². The number of rotatable bonds is 3. The van der Waals surface area contributed by atoms with Crippen LogP contribution in [0, 0.1) is 0 Å². The first-order valence-corrected chi connectivity index (χ1v) is 6.14. The number of H-pyrrole nitrogens is 1. The number of benzene rings is 1. The molecule has 0 aliphatic carbocycles. The third kappa shape index (κ3) is 3.08. The predicted octanol–water partition coefficient (Wildman–Crippen LogP) is 1.16. The van der Waals surface area contributed by atoms with E-state index in [1.54, 1.807) is 30.5 Å².